The van der Waals surface area contributed by atoms with Crippen LogP contribution in [0.4, 0.5) is 4.79 Å². The van der Waals surface area contributed by atoms with Gasteiger partial charge in [-0.2, -0.15) is 0 Å². The molecule has 1 heterocycles. The monoisotopic (exact) mass is 337 g/mol. The Bertz CT molecular complexity index is 629. The number of nitrogens with one attached hydrogen (secondary N) is 2. The minimum Gasteiger partial charge on any atom is -0.489 e. The van der Waals surface area contributed by atoms with Gasteiger partial charge < -0.3 is 19.9 Å². The zero-order valence-electron chi connectivity index (χ0n) is 13.1. The van der Waals surface area contributed by atoms with Gasteiger partial charge in [0.25, 0.3) is 0 Å². The molecule has 2 amide bonds. The summed E-state index contributed by atoms with van der Waals surface area (Å²) in [7, 11) is 0. The van der Waals surface area contributed by atoms with E-state index in [0.29, 0.717) is 29.7 Å². The highest BCUT2D eigenvalue weighted by Gasteiger charge is 2.08. The van der Waals surface area contributed by atoms with E-state index in [1.54, 1.807) is 30.6 Å². The molecule has 1 aromatic heterocycles. The van der Waals surface area contributed by atoms with Gasteiger partial charge in [-0.15, -0.1) is 10.2 Å². The van der Waals surface area contributed by atoms with Gasteiger partial charge >= 0.3 is 6.03 Å². The number of halogens is 1. The molecule has 2 aromatic rings. The van der Waals surface area contributed by atoms with Crippen LogP contribution < -0.4 is 15.4 Å². The number of ether oxygens (including phenoxy) is 1. The molecule has 124 valence electrons. The zero-order chi connectivity index (χ0) is 16.7. The van der Waals surface area contributed by atoms with Crippen molar-refractivity contribution in [1.82, 2.24) is 25.4 Å². The van der Waals surface area contributed by atoms with Crippen LogP contribution in [0.25, 0.3) is 0 Å². The fourth-order valence-electron chi connectivity index (χ4n) is 1.93. The quantitative estimate of drug-likeness (QED) is 0.811. The van der Waals surface area contributed by atoms with Crippen LogP contribution in [0.15, 0.2) is 30.6 Å². The predicted molar refractivity (Wildman–Crippen MR) is 87.5 cm³/mol. The van der Waals surface area contributed by atoms with Crippen LogP contribution in [0, 0.1) is 0 Å². The van der Waals surface area contributed by atoms with Crippen LogP contribution >= 0.6 is 11.6 Å². The Hall–Kier alpha value is -2.28. The van der Waals surface area contributed by atoms with Crippen molar-refractivity contribution in [2.75, 3.05) is 6.54 Å². The summed E-state index contributed by atoms with van der Waals surface area (Å²) in [4.78, 5) is 11.8. The molecule has 2 N–H and O–H groups in total. The average Bonchev–Trinajstić information content (AvgIpc) is 3.00. The fraction of sp³-hybridized carbons (Fsp3) is 0.400. The SMILES string of the molecule is CCn1cnnc1CNC(=O)NCC(C)Oc1ccc(Cl)cc1. The normalized spacial score (nSPS) is 11.8. The Morgan fingerprint density at radius 3 is 2.78 bits per heavy atom. The highest BCUT2D eigenvalue weighted by Crippen LogP contribution is 2.16. The maximum Gasteiger partial charge on any atom is 0.315 e. The van der Waals surface area contributed by atoms with E-state index in [4.69, 9.17) is 16.3 Å². The topological polar surface area (TPSA) is 81.1 Å². The summed E-state index contributed by atoms with van der Waals surface area (Å²) in [5.74, 6) is 1.42. The molecule has 0 aliphatic rings. The third-order valence-electron chi connectivity index (χ3n) is 3.14. The lowest BCUT2D eigenvalue weighted by molar-refractivity contribution is 0.207. The first-order valence-corrected chi connectivity index (χ1v) is 7.77. The van der Waals surface area contributed by atoms with Crippen molar-refractivity contribution in [1.29, 1.82) is 0 Å². The lowest BCUT2D eigenvalue weighted by atomic mass is 10.3. The van der Waals surface area contributed by atoms with Crippen LogP contribution in [0.2, 0.25) is 5.02 Å². The first-order chi connectivity index (χ1) is 11.1. The summed E-state index contributed by atoms with van der Waals surface area (Å²) in [6.07, 6.45) is 1.47. The number of aryl methyl sites for hydroxylation is 1. The number of hydrogen-bond donors (Lipinski definition) is 2. The van der Waals surface area contributed by atoms with Crippen molar-refractivity contribution in [2.24, 2.45) is 0 Å². The van der Waals surface area contributed by atoms with Gasteiger partial charge in [-0.25, -0.2) is 4.79 Å². The molecule has 0 bridgehead atoms. The third-order valence-corrected chi connectivity index (χ3v) is 3.40. The molecule has 0 saturated heterocycles. The Morgan fingerprint density at radius 1 is 1.35 bits per heavy atom. The van der Waals surface area contributed by atoms with E-state index < -0.39 is 0 Å². The van der Waals surface area contributed by atoms with E-state index in [-0.39, 0.29) is 12.1 Å². The highest BCUT2D eigenvalue weighted by atomic mass is 35.5. The molecule has 7 nitrogen and oxygen atoms in total. The van der Waals surface area contributed by atoms with Gasteiger partial charge in [0.1, 0.15) is 18.2 Å². The molecular weight excluding hydrogens is 318 g/mol. The molecule has 1 unspecified atom stereocenters. The second-order valence-corrected chi connectivity index (χ2v) is 5.42. The predicted octanol–water partition coefficient (Wildman–Crippen LogP) is 2.22. The molecule has 2 rings (SSSR count). The molecular formula is C15H20ClN5O2. The maximum atomic E-state index is 11.8. The molecule has 8 heteroatoms. The van der Waals surface area contributed by atoms with Gasteiger partial charge in [0.2, 0.25) is 0 Å². The molecule has 23 heavy (non-hydrogen) atoms. The van der Waals surface area contributed by atoms with Gasteiger partial charge in [-0.1, -0.05) is 11.6 Å². The van der Waals surface area contributed by atoms with Gasteiger partial charge in [0.05, 0.1) is 13.1 Å². The van der Waals surface area contributed by atoms with E-state index in [0.717, 1.165) is 6.54 Å². The van der Waals surface area contributed by atoms with Crippen molar-refractivity contribution in [3.8, 4) is 5.75 Å². The second kappa shape index (κ2) is 8.38. The second-order valence-electron chi connectivity index (χ2n) is 4.98. The van der Waals surface area contributed by atoms with Gasteiger partial charge in [-0.05, 0) is 38.1 Å². The Balaban J connectivity index is 1.70. The van der Waals surface area contributed by atoms with Crippen LogP contribution in [0.1, 0.15) is 19.7 Å². The molecule has 0 saturated carbocycles. The summed E-state index contributed by atoms with van der Waals surface area (Å²) in [5.41, 5.74) is 0. The summed E-state index contributed by atoms with van der Waals surface area (Å²) in [6.45, 7) is 5.34. The molecule has 0 radical (unpaired) electrons. The first-order valence-electron chi connectivity index (χ1n) is 7.39. The molecule has 0 aliphatic heterocycles. The van der Waals surface area contributed by atoms with Crippen molar-refractivity contribution in [3.63, 3.8) is 0 Å². The number of hydrogen-bond acceptors (Lipinski definition) is 4. The molecule has 1 aromatic carbocycles. The van der Waals surface area contributed by atoms with Gasteiger partial charge in [-0.3, -0.25) is 0 Å². The lowest BCUT2D eigenvalue weighted by Crippen LogP contribution is -2.40. The van der Waals surface area contributed by atoms with Gasteiger partial charge in [0, 0.05) is 11.6 Å². The fourth-order valence-corrected chi connectivity index (χ4v) is 2.05. The van der Waals surface area contributed by atoms with Crippen molar-refractivity contribution < 1.29 is 9.53 Å². The minimum atomic E-state index is -0.276. The number of rotatable bonds is 7. The van der Waals surface area contributed by atoms with E-state index >= 15 is 0 Å². The number of benzene rings is 1. The summed E-state index contributed by atoms with van der Waals surface area (Å²) >= 11 is 5.82. The first kappa shape index (κ1) is 17.1. The molecule has 0 aliphatic carbocycles. The third kappa shape index (κ3) is 5.45. The number of carbonyl (C=O) groups excluding carboxylic acids is 1. The average molecular weight is 338 g/mol. The Labute approximate surface area is 140 Å². The molecule has 1 atom stereocenters. The van der Waals surface area contributed by atoms with Crippen LogP contribution in [-0.4, -0.2) is 33.4 Å². The van der Waals surface area contributed by atoms with E-state index in [1.165, 1.54) is 0 Å². The summed E-state index contributed by atoms with van der Waals surface area (Å²) in [5, 5.41) is 13.9. The smallest absolute Gasteiger partial charge is 0.315 e. The number of amides is 2. The van der Waals surface area contributed by atoms with E-state index in [2.05, 4.69) is 20.8 Å². The largest absolute Gasteiger partial charge is 0.489 e. The standard InChI is InChI=1S/C15H20ClN5O2/c1-3-21-10-19-20-14(21)9-18-15(22)17-8-11(2)23-13-6-4-12(16)5-7-13/h4-7,10-11H,3,8-9H2,1-2H3,(H2,17,18,22). The number of nitrogens with zero attached hydrogens (tertiary/aromatic N) is 3. The number of carbonyl (C=O) groups is 1. The highest BCUT2D eigenvalue weighted by molar-refractivity contribution is 6.30. The van der Waals surface area contributed by atoms with Crippen LogP contribution in [-0.2, 0) is 13.1 Å². The summed E-state index contributed by atoms with van der Waals surface area (Å²) < 4.78 is 7.55. The van der Waals surface area contributed by atoms with Crippen molar-refractivity contribution >= 4 is 17.6 Å². The molecule has 0 fully saturated rings. The Kier molecular flexibility index (Phi) is 6.22. The van der Waals surface area contributed by atoms with Crippen molar-refractivity contribution in [2.45, 2.75) is 33.0 Å². The Morgan fingerprint density at radius 2 is 2.09 bits per heavy atom. The number of aromatic nitrogens is 3. The minimum absolute atomic E-state index is 0.166. The summed E-state index contributed by atoms with van der Waals surface area (Å²) in [6, 6.07) is 6.82. The van der Waals surface area contributed by atoms with E-state index in [1.807, 2.05) is 18.4 Å². The van der Waals surface area contributed by atoms with E-state index in [9.17, 15) is 4.79 Å². The van der Waals surface area contributed by atoms with Crippen LogP contribution in [0.3, 0.4) is 0 Å². The maximum absolute atomic E-state index is 11.8. The van der Waals surface area contributed by atoms with Crippen LogP contribution in [0.5, 0.6) is 5.75 Å². The number of urea groups is 1. The van der Waals surface area contributed by atoms with Crippen molar-refractivity contribution in [3.05, 3.63) is 41.4 Å². The zero-order valence-corrected chi connectivity index (χ0v) is 13.9. The molecule has 0 spiro atoms. The lowest BCUT2D eigenvalue weighted by Gasteiger charge is -2.15. The van der Waals surface area contributed by atoms with Gasteiger partial charge in [0.15, 0.2) is 5.82 Å².